The van der Waals surface area contributed by atoms with E-state index in [4.69, 9.17) is 31.8 Å². The topological polar surface area (TPSA) is 79.6 Å². The molecule has 4 aromatic carbocycles. The van der Waals surface area contributed by atoms with E-state index in [-0.39, 0.29) is 34.1 Å². The molecule has 0 amide bonds. The Morgan fingerprint density at radius 3 is 0.825 bits per heavy atom. The van der Waals surface area contributed by atoms with Gasteiger partial charge in [0, 0.05) is 34.1 Å². The van der Waals surface area contributed by atoms with Crippen LogP contribution in [0.15, 0.2) is 121 Å². The fraction of sp³-hybridized carbons (Fsp3) is 0. The first kappa shape index (κ1) is 58.0. The smallest absolute Gasteiger partial charge is 0 e. The molecule has 40 heavy (non-hydrogen) atoms. The molecule has 0 unspecified atom stereocenters. The Hall–Kier alpha value is -1.76. The summed E-state index contributed by atoms with van der Waals surface area (Å²) >= 11 is 7.32. The van der Waals surface area contributed by atoms with Gasteiger partial charge in [-0.2, -0.15) is 47.5 Å². The second-order valence-electron chi connectivity index (χ2n) is 5.08. The summed E-state index contributed by atoms with van der Waals surface area (Å²) in [7, 11) is 8.40. The first-order valence-electron chi connectivity index (χ1n) is 9.44. The first-order chi connectivity index (χ1) is 18.9. The van der Waals surface area contributed by atoms with Gasteiger partial charge < -0.3 is 0 Å². The Balaban J connectivity index is -0.0000000503. The van der Waals surface area contributed by atoms with Gasteiger partial charge >= 0.3 is 95.6 Å². The maximum atomic E-state index is 7.50. The Bertz CT molecular complexity index is 834. The van der Waals surface area contributed by atoms with Gasteiger partial charge in [-0.1, -0.05) is 36.4 Å². The molecule has 0 saturated carbocycles. The zero-order chi connectivity index (χ0) is 30.7. The summed E-state index contributed by atoms with van der Waals surface area (Å²) in [6.45, 7) is 28.4. The molecule has 221 valence electrons. The Kier molecular flexibility index (Phi) is 103. The van der Waals surface area contributed by atoms with E-state index >= 15 is 0 Å². The average molecular weight is 756 g/mol. The van der Waals surface area contributed by atoms with Gasteiger partial charge in [0.25, 0.3) is 0 Å². The molecule has 4 rings (SSSR count). The van der Waals surface area contributed by atoms with Gasteiger partial charge in [0.2, 0.25) is 0 Å². The molecule has 0 bridgehead atoms. The zero-order valence-electron chi connectivity index (χ0n) is 20.6. The van der Waals surface area contributed by atoms with E-state index in [1.165, 1.54) is 0 Å². The Labute approximate surface area is 285 Å². The normalized spacial score (nSPS) is 5.95. The van der Waals surface area contributed by atoms with Crippen LogP contribution in [0.2, 0.25) is 0 Å². The van der Waals surface area contributed by atoms with Crippen LogP contribution in [0.1, 0.15) is 11.1 Å². The van der Waals surface area contributed by atoms with Crippen molar-refractivity contribution in [3.8, 4) is 0 Å². The monoisotopic (exact) mass is 754 g/mol. The van der Waals surface area contributed by atoms with Crippen molar-refractivity contribution in [3.63, 3.8) is 0 Å². The van der Waals surface area contributed by atoms with Crippen LogP contribution in [0.25, 0.3) is 12.2 Å². The molecule has 0 N–H and O–H groups in total. The molecule has 10 heteroatoms. The minimum absolute atomic E-state index is 0. The molecule has 4 nitrogen and oxygen atoms in total. The fourth-order valence-electron chi connectivity index (χ4n) is 1.77. The van der Waals surface area contributed by atoms with Crippen LogP contribution in [-0.4, -0.2) is 0 Å². The van der Waals surface area contributed by atoms with Crippen molar-refractivity contribution in [1.82, 2.24) is 0 Å². The van der Waals surface area contributed by atoms with Crippen molar-refractivity contribution in [2.24, 2.45) is 0 Å². The third-order valence-electron chi connectivity index (χ3n) is 3.10. The molecule has 0 fully saturated rings. The molecule has 0 heterocycles. The predicted octanol–water partition coefficient (Wildman–Crippen LogP) is 8.30. The molecule has 0 spiro atoms. The van der Waals surface area contributed by atoms with Crippen LogP contribution in [-0.2, 0) is 82.9 Å². The molecule has 0 atom stereocenters. The van der Waals surface area contributed by atoms with E-state index in [9.17, 15) is 0 Å². The van der Waals surface area contributed by atoms with E-state index < -0.39 is 0 Å². The number of benzene rings is 2. The molecule has 0 aliphatic carbocycles. The van der Waals surface area contributed by atoms with E-state index in [1.54, 1.807) is 12.2 Å². The van der Waals surface area contributed by atoms with Crippen LogP contribution in [0, 0.1) is 39.8 Å². The summed E-state index contributed by atoms with van der Waals surface area (Å²) in [5.74, 6) is 0. The zero-order valence-corrected chi connectivity index (χ0v) is 26.4. The first-order valence-corrected chi connectivity index (χ1v) is 12.0. The standard InChI is InChI=1S/2C8H7.2C5H5.4CO.2ClH.2Cu.2Mn/c2*1-2-8-6-4-3-5-7-8;2*1-2-4-5-3-1;4*1-2;;;;;;/h2*1-7H;2*1-5H;;;;;2*1H;;;;/q4*-1;;;;;;;+1;+2;;/p-2. The van der Waals surface area contributed by atoms with Crippen molar-refractivity contribution in [1.29, 1.82) is 0 Å². The largest absolute Gasteiger partial charge is 0.214 e. The van der Waals surface area contributed by atoms with E-state index in [1.807, 2.05) is 121 Å². The van der Waals surface area contributed by atoms with Crippen LogP contribution in [0.5, 0.6) is 0 Å². The number of rotatable bonds is 2. The van der Waals surface area contributed by atoms with Gasteiger partial charge in [0.1, 0.15) is 0 Å². The number of hydrogen-bond acceptors (Lipinski definition) is 0. The Morgan fingerprint density at radius 1 is 0.525 bits per heavy atom. The van der Waals surface area contributed by atoms with Gasteiger partial charge in [0.15, 0.2) is 0 Å². The van der Waals surface area contributed by atoms with Crippen LogP contribution >= 0.6 is 20.2 Å². The minimum Gasteiger partial charge on any atom is -0.214 e. The fourth-order valence-corrected chi connectivity index (χ4v) is 1.77. The second-order valence-corrected chi connectivity index (χ2v) is 5.08. The van der Waals surface area contributed by atoms with Gasteiger partial charge in [-0.3, -0.25) is 13.2 Å². The van der Waals surface area contributed by atoms with E-state index in [0.29, 0.717) is 0 Å². The SMILES string of the molecule is [C-]#[O+].[C-]#[O+].[C-]#[O+].[C-]#[O+].[CH-]=Cc1ccccc1.[CH-]=Cc1ccccc1.[Cl][Cu+].[Cl][Cu].[Mn].[Mn].c1cc[cH-]c1.c1cc[cH-]c1. The third kappa shape index (κ3) is 56.4. The van der Waals surface area contributed by atoms with Gasteiger partial charge in [0.05, 0.1) is 0 Å². The van der Waals surface area contributed by atoms with Crippen molar-refractivity contribution in [3.05, 3.63) is 172 Å². The quantitative estimate of drug-likeness (QED) is 0.112. The molecular formula is C30H24Cl2Cu2Mn2O4-3. The number of hydrogen-bond donors (Lipinski definition) is 0. The maximum Gasteiger partial charge on any atom is 0 e. The third-order valence-corrected chi connectivity index (χ3v) is 3.10. The van der Waals surface area contributed by atoms with Crippen LogP contribution < -0.4 is 0 Å². The summed E-state index contributed by atoms with van der Waals surface area (Å²) < 4.78 is 30.0. The summed E-state index contributed by atoms with van der Waals surface area (Å²) in [5.41, 5.74) is 2.13. The summed E-state index contributed by atoms with van der Waals surface area (Å²) in [4.78, 5) is 0. The summed E-state index contributed by atoms with van der Waals surface area (Å²) in [5, 5.41) is 0. The predicted molar refractivity (Wildman–Crippen MR) is 142 cm³/mol. The molecule has 0 aliphatic rings. The van der Waals surface area contributed by atoms with Crippen LogP contribution in [0.4, 0.5) is 0 Å². The molecular weight excluding hydrogens is 732 g/mol. The van der Waals surface area contributed by atoms with E-state index in [2.05, 4.69) is 77.0 Å². The maximum absolute atomic E-state index is 7.50. The summed E-state index contributed by atoms with van der Waals surface area (Å²) in [6, 6.07) is 39.6. The average Bonchev–Trinajstić information content (AvgIpc) is 3.85. The molecule has 0 aliphatic heterocycles. The van der Waals surface area contributed by atoms with Crippen molar-refractivity contribution < 1.29 is 82.9 Å². The Morgan fingerprint density at radius 2 is 0.725 bits per heavy atom. The number of halogens is 2. The minimum atomic E-state index is 0. The van der Waals surface area contributed by atoms with Crippen molar-refractivity contribution >= 4 is 32.3 Å². The van der Waals surface area contributed by atoms with Gasteiger partial charge in [-0.05, 0) is 0 Å². The van der Waals surface area contributed by atoms with Gasteiger partial charge in [-0.25, -0.2) is 36.4 Å². The van der Waals surface area contributed by atoms with Gasteiger partial charge in [-0.15, -0.1) is 24.3 Å². The molecule has 0 aromatic heterocycles. The molecule has 4 aromatic rings. The second kappa shape index (κ2) is 71.0. The van der Waals surface area contributed by atoms with E-state index in [0.717, 1.165) is 11.1 Å². The molecule has 0 saturated heterocycles. The van der Waals surface area contributed by atoms with Crippen molar-refractivity contribution in [2.75, 3.05) is 0 Å². The van der Waals surface area contributed by atoms with Crippen molar-refractivity contribution in [2.45, 2.75) is 0 Å². The summed E-state index contributed by atoms with van der Waals surface area (Å²) in [6.07, 6.45) is 3.17. The molecule has 2 radical (unpaired) electrons. The van der Waals surface area contributed by atoms with Crippen LogP contribution in [0.3, 0.4) is 0 Å².